The van der Waals surface area contributed by atoms with Gasteiger partial charge >= 0.3 is 0 Å². The molecule has 0 amide bonds. The number of aromatic nitrogens is 1. The van der Waals surface area contributed by atoms with Gasteiger partial charge in [-0.25, -0.2) is 0 Å². The van der Waals surface area contributed by atoms with E-state index < -0.39 is 0 Å². The summed E-state index contributed by atoms with van der Waals surface area (Å²) in [6, 6.07) is 5.88. The molecule has 102 valence electrons. The minimum Gasteiger partial charge on any atom is -0.397 e. The molecule has 4 nitrogen and oxygen atoms in total. The van der Waals surface area contributed by atoms with Crippen molar-refractivity contribution in [2.45, 2.75) is 26.3 Å². The van der Waals surface area contributed by atoms with Crippen LogP contribution in [0, 0.1) is 5.92 Å². The Hall–Kier alpha value is -1.81. The van der Waals surface area contributed by atoms with Gasteiger partial charge in [0, 0.05) is 29.2 Å². The third kappa shape index (κ3) is 3.15. The van der Waals surface area contributed by atoms with Crippen LogP contribution < -0.4 is 11.1 Å². The Morgan fingerprint density at radius 1 is 1.32 bits per heavy atom. The Morgan fingerprint density at radius 3 is 2.79 bits per heavy atom. The fourth-order valence-electron chi connectivity index (χ4n) is 2.29. The normalized spacial score (nSPS) is 12.8. The fourth-order valence-corrected chi connectivity index (χ4v) is 2.29. The number of nitrogens with zero attached hydrogens (tertiary/aromatic N) is 1. The molecular weight excluding hydrogens is 238 g/mol. The van der Waals surface area contributed by atoms with Crippen molar-refractivity contribution in [2.24, 2.45) is 5.92 Å². The van der Waals surface area contributed by atoms with Crippen LogP contribution in [0.5, 0.6) is 0 Å². The minimum atomic E-state index is 0.0292. The van der Waals surface area contributed by atoms with Crippen LogP contribution >= 0.6 is 0 Å². The van der Waals surface area contributed by atoms with E-state index in [-0.39, 0.29) is 12.6 Å². The van der Waals surface area contributed by atoms with Crippen LogP contribution in [0.3, 0.4) is 0 Å². The van der Waals surface area contributed by atoms with E-state index in [2.05, 4.69) is 24.1 Å². The molecule has 1 aromatic heterocycles. The molecule has 0 saturated heterocycles. The molecule has 0 aliphatic rings. The second kappa shape index (κ2) is 5.89. The fraction of sp³-hybridized carbons (Fsp3) is 0.400. The van der Waals surface area contributed by atoms with Crippen molar-refractivity contribution < 1.29 is 5.11 Å². The molecule has 0 fully saturated rings. The smallest absolute Gasteiger partial charge is 0.0632 e. The van der Waals surface area contributed by atoms with Crippen LogP contribution in [0.1, 0.15) is 20.3 Å². The van der Waals surface area contributed by atoms with Crippen molar-refractivity contribution in [3.63, 3.8) is 0 Å². The van der Waals surface area contributed by atoms with E-state index in [0.717, 1.165) is 22.9 Å². The summed E-state index contributed by atoms with van der Waals surface area (Å²) in [6.45, 7) is 4.38. The third-order valence-electron chi connectivity index (χ3n) is 3.20. The summed E-state index contributed by atoms with van der Waals surface area (Å²) in [5.41, 5.74) is 7.76. The molecule has 1 unspecified atom stereocenters. The third-order valence-corrected chi connectivity index (χ3v) is 3.20. The van der Waals surface area contributed by atoms with E-state index in [0.29, 0.717) is 11.6 Å². The lowest BCUT2D eigenvalue weighted by Gasteiger charge is -2.21. The standard InChI is InChI=1S/C15H21N3O/c1-10(2)7-12(9-19)18-14-4-3-11-8-17-6-5-13(11)15(14)16/h3-6,8,10,12,18-19H,7,9,16H2,1-2H3. The van der Waals surface area contributed by atoms with Crippen molar-refractivity contribution in [1.29, 1.82) is 0 Å². The molecule has 19 heavy (non-hydrogen) atoms. The van der Waals surface area contributed by atoms with E-state index in [4.69, 9.17) is 5.73 Å². The summed E-state index contributed by atoms with van der Waals surface area (Å²) in [5.74, 6) is 0.524. The van der Waals surface area contributed by atoms with Gasteiger partial charge in [-0.2, -0.15) is 0 Å². The highest BCUT2D eigenvalue weighted by molar-refractivity contribution is 5.98. The maximum absolute atomic E-state index is 9.43. The Bertz CT molecular complexity index is 554. The number of hydrogen-bond acceptors (Lipinski definition) is 4. The zero-order valence-electron chi connectivity index (χ0n) is 11.4. The van der Waals surface area contributed by atoms with Crippen LogP contribution in [-0.4, -0.2) is 22.7 Å². The first-order valence-electron chi connectivity index (χ1n) is 6.61. The number of pyridine rings is 1. The van der Waals surface area contributed by atoms with E-state index in [1.165, 1.54) is 0 Å². The van der Waals surface area contributed by atoms with Crippen molar-refractivity contribution in [3.05, 3.63) is 30.6 Å². The first kappa shape index (κ1) is 13.6. The zero-order chi connectivity index (χ0) is 13.8. The van der Waals surface area contributed by atoms with Crippen molar-refractivity contribution in [2.75, 3.05) is 17.7 Å². The van der Waals surface area contributed by atoms with Crippen molar-refractivity contribution in [3.8, 4) is 0 Å². The van der Waals surface area contributed by atoms with Gasteiger partial charge in [-0.15, -0.1) is 0 Å². The van der Waals surface area contributed by atoms with Gasteiger partial charge in [0.15, 0.2) is 0 Å². The summed E-state index contributed by atoms with van der Waals surface area (Å²) >= 11 is 0. The summed E-state index contributed by atoms with van der Waals surface area (Å²) in [6.07, 6.45) is 4.44. The van der Waals surface area contributed by atoms with E-state index in [1.54, 1.807) is 12.4 Å². The number of nitrogen functional groups attached to an aromatic ring is 1. The summed E-state index contributed by atoms with van der Waals surface area (Å²) in [7, 11) is 0. The quantitative estimate of drug-likeness (QED) is 0.722. The lowest BCUT2D eigenvalue weighted by atomic mass is 10.0. The number of hydrogen-bond donors (Lipinski definition) is 3. The highest BCUT2D eigenvalue weighted by Gasteiger charge is 2.12. The number of nitrogens with two attached hydrogens (primary N) is 1. The molecule has 1 atom stereocenters. The number of rotatable bonds is 5. The molecule has 0 aliphatic heterocycles. The SMILES string of the molecule is CC(C)CC(CO)Nc1ccc2cnccc2c1N. The van der Waals surface area contributed by atoms with Gasteiger partial charge in [0.1, 0.15) is 0 Å². The number of aliphatic hydroxyl groups excluding tert-OH is 1. The van der Waals surface area contributed by atoms with Gasteiger partial charge in [0.2, 0.25) is 0 Å². The molecule has 2 aromatic rings. The Labute approximate surface area is 113 Å². The molecular formula is C15H21N3O. The highest BCUT2D eigenvalue weighted by atomic mass is 16.3. The van der Waals surface area contributed by atoms with Crippen LogP contribution in [0.25, 0.3) is 10.8 Å². The van der Waals surface area contributed by atoms with E-state index in [1.807, 2.05) is 18.2 Å². The zero-order valence-corrected chi connectivity index (χ0v) is 11.4. The average molecular weight is 259 g/mol. The predicted octanol–water partition coefficient (Wildman–Crippen LogP) is 2.64. The topological polar surface area (TPSA) is 71.2 Å². The van der Waals surface area contributed by atoms with Gasteiger partial charge in [0.25, 0.3) is 0 Å². The molecule has 2 rings (SSSR count). The first-order chi connectivity index (χ1) is 9.11. The van der Waals surface area contributed by atoms with Crippen molar-refractivity contribution >= 4 is 22.1 Å². The number of aliphatic hydroxyl groups is 1. The Balaban J connectivity index is 2.27. The Morgan fingerprint density at radius 2 is 2.11 bits per heavy atom. The van der Waals surface area contributed by atoms with Crippen LogP contribution in [-0.2, 0) is 0 Å². The molecule has 0 aliphatic carbocycles. The molecule has 0 bridgehead atoms. The maximum Gasteiger partial charge on any atom is 0.0632 e. The minimum absolute atomic E-state index is 0.0292. The van der Waals surface area contributed by atoms with E-state index in [9.17, 15) is 5.11 Å². The Kier molecular flexibility index (Phi) is 4.22. The summed E-state index contributed by atoms with van der Waals surface area (Å²) < 4.78 is 0. The molecule has 4 N–H and O–H groups in total. The van der Waals surface area contributed by atoms with Gasteiger partial charge in [-0.3, -0.25) is 4.98 Å². The van der Waals surface area contributed by atoms with Gasteiger partial charge < -0.3 is 16.2 Å². The van der Waals surface area contributed by atoms with Crippen molar-refractivity contribution in [1.82, 2.24) is 4.98 Å². The summed E-state index contributed by atoms with van der Waals surface area (Å²) in [4.78, 5) is 4.08. The number of benzene rings is 1. The summed E-state index contributed by atoms with van der Waals surface area (Å²) in [5, 5.41) is 14.8. The van der Waals surface area contributed by atoms with Gasteiger partial charge in [-0.05, 0) is 24.5 Å². The lowest BCUT2D eigenvalue weighted by molar-refractivity contribution is 0.259. The van der Waals surface area contributed by atoms with Crippen LogP contribution in [0.15, 0.2) is 30.6 Å². The van der Waals surface area contributed by atoms with Gasteiger partial charge in [-0.1, -0.05) is 19.9 Å². The second-order valence-corrected chi connectivity index (χ2v) is 5.28. The number of fused-ring (bicyclic) bond motifs is 1. The number of anilines is 2. The average Bonchev–Trinajstić information content (AvgIpc) is 2.40. The predicted molar refractivity (Wildman–Crippen MR) is 80.1 cm³/mol. The lowest BCUT2D eigenvalue weighted by Crippen LogP contribution is -2.26. The van der Waals surface area contributed by atoms with Gasteiger partial charge in [0.05, 0.1) is 18.0 Å². The van der Waals surface area contributed by atoms with Crippen LogP contribution in [0.2, 0.25) is 0 Å². The monoisotopic (exact) mass is 259 g/mol. The number of nitrogens with one attached hydrogen (secondary N) is 1. The largest absolute Gasteiger partial charge is 0.397 e. The van der Waals surface area contributed by atoms with E-state index >= 15 is 0 Å². The molecule has 4 heteroatoms. The molecule has 0 saturated carbocycles. The maximum atomic E-state index is 9.43. The second-order valence-electron chi connectivity index (χ2n) is 5.28. The molecule has 1 aromatic carbocycles. The highest BCUT2D eigenvalue weighted by Crippen LogP contribution is 2.29. The molecule has 0 spiro atoms. The first-order valence-corrected chi connectivity index (χ1v) is 6.61. The van der Waals surface area contributed by atoms with Crippen LogP contribution in [0.4, 0.5) is 11.4 Å². The molecule has 0 radical (unpaired) electrons. The molecule has 1 heterocycles.